The number of carbonyl (C=O) groups excluding carboxylic acids is 2. The van der Waals surface area contributed by atoms with Crippen LogP contribution in [0.25, 0.3) is 6.08 Å². The Labute approximate surface area is 159 Å². The summed E-state index contributed by atoms with van der Waals surface area (Å²) in [5, 5.41) is 1.80. The van der Waals surface area contributed by atoms with Crippen LogP contribution in [-0.4, -0.2) is 18.9 Å². The van der Waals surface area contributed by atoms with E-state index in [9.17, 15) is 9.59 Å². The van der Waals surface area contributed by atoms with Gasteiger partial charge in [0, 0.05) is 6.07 Å². The van der Waals surface area contributed by atoms with E-state index in [0.29, 0.717) is 21.9 Å². The topological polar surface area (TPSA) is 61.8 Å². The molecular formula is C21H14O5S. The van der Waals surface area contributed by atoms with Crippen molar-refractivity contribution in [3.8, 4) is 17.2 Å². The third-order valence-corrected chi connectivity index (χ3v) is 4.84. The minimum atomic E-state index is -0.441. The standard InChI is InChI=1S/C21H14O5S/c1-24-14-6-4-13(5-7-14)11-18-20(22)16-9-8-15(12-17(16)26-18)25-21(23)19-3-2-10-27-19/h2-12H,1H3. The van der Waals surface area contributed by atoms with Crippen LogP contribution in [0.3, 0.4) is 0 Å². The van der Waals surface area contributed by atoms with Crippen molar-refractivity contribution in [2.75, 3.05) is 7.11 Å². The highest BCUT2D eigenvalue weighted by Gasteiger charge is 2.28. The SMILES string of the molecule is COc1ccc(C=C2Oc3cc(OC(=O)c4cccs4)ccc3C2=O)cc1. The summed E-state index contributed by atoms with van der Waals surface area (Å²) in [5.74, 6) is 0.996. The monoisotopic (exact) mass is 378 g/mol. The van der Waals surface area contributed by atoms with Crippen molar-refractivity contribution in [3.63, 3.8) is 0 Å². The molecule has 0 spiro atoms. The minimum absolute atomic E-state index is 0.211. The molecule has 27 heavy (non-hydrogen) atoms. The largest absolute Gasteiger partial charge is 0.497 e. The molecule has 1 aliphatic rings. The van der Waals surface area contributed by atoms with E-state index in [4.69, 9.17) is 14.2 Å². The summed E-state index contributed by atoms with van der Waals surface area (Å²) in [7, 11) is 1.59. The molecule has 2 heterocycles. The molecule has 0 saturated carbocycles. The molecule has 4 rings (SSSR count). The first kappa shape index (κ1) is 17.1. The van der Waals surface area contributed by atoms with Gasteiger partial charge in [0.1, 0.15) is 22.1 Å². The molecule has 0 aliphatic carbocycles. The van der Waals surface area contributed by atoms with Gasteiger partial charge in [-0.1, -0.05) is 18.2 Å². The number of carbonyl (C=O) groups is 2. The molecule has 0 fully saturated rings. The van der Waals surface area contributed by atoms with Gasteiger partial charge in [0.05, 0.1) is 12.7 Å². The first-order chi connectivity index (χ1) is 13.1. The lowest BCUT2D eigenvalue weighted by molar-refractivity contribution is 0.0739. The highest BCUT2D eigenvalue weighted by molar-refractivity contribution is 7.12. The number of benzene rings is 2. The van der Waals surface area contributed by atoms with Gasteiger partial charge in [-0.2, -0.15) is 0 Å². The molecule has 6 heteroatoms. The van der Waals surface area contributed by atoms with Crippen LogP contribution in [0.2, 0.25) is 0 Å². The van der Waals surface area contributed by atoms with E-state index in [-0.39, 0.29) is 11.5 Å². The summed E-state index contributed by atoms with van der Waals surface area (Å²) < 4.78 is 16.2. The summed E-state index contributed by atoms with van der Waals surface area (Å²) >= 11 is 1.30. The maximum Gasteiger partial charge on any atom is 0.353 e. The van der Waals surface area contributed by atoms with E-state index in [2.05, 4.69) is 0 Å². The molecule has 0 radical (unpaired) electrons. The normalized spacial score (nSPS) is 14.0. The Morgan fingerprint density at radius 1 is 1.07 bits per heavy atom. The summed E-state index contributed by atoms with van der Waals surface area (Å²) in [6.07, 6.45) is 1.67. The summed E-state index contributed by atoms with van der Waals surface area (Å²) in [4.78, 5) is 25.1. The molecule has 0 N–H and O–H groups in total. The van der Waals surface area contributed by atoms with Crippen molar-refractivity contribution < 1.29 is 23.8 Å². The zero-order valence-corrected chi connectivity index (χ0v) is 15.1. The van der Waals surface area contributed by atoms with Crippen molar-refractivity contribution in [2.45, 2.75) is 0 Å². The quantitative estimate of drug-likeness (QED) is 0.377. The fraction of sp³-hybridized carbons (Fsp3) is 0.0476. The summed E-state index contributed by atoms with van der Waals surface area (Å²) in [6.45, 7) is 0. The smallest absolute Gasteiger partial charge is 0.353 e. The van der Waals surface area contributed by atoms with E-state index in [1.165, 1.54) is 11.3 Å². The number of hydrogen-bond acceptors (Lipinski definition) is 6. The molecule has 5 nitrogen and oxygen atoms in total. The number of fused-ring (bicyclic) bond motifs is 1. The van der Waals surface area contributed by atoms with Gasteiger partial charge < -0.3 is 14.2 Å². The van der Waals surface area contributed by atoms with Crippen molar-refractivity contribution >= 4 is 29.2 Å². The second-order valence-electron chi connectivity index (χ2n) is 5.74. The Kier molecular flexibility index (Phi) is 4.48. The highest BCUT2D eigenvalue weighted by atomic mass is 32.1. The van der Waals surface area contributed by atoms with Gasteiger partial charge in [-0.15, -0.1) is 11.3 Å². The molecule has 0 amide bonds. The zero-order valence-electron chi connectivity index (χ0n) is 14.3. The van der Waals surface area contributed by atoms with Crippen molar-refractivity contribution in [1.82, 2.24) is 0 Å². The Balaban J connectivity index is 1.54. The number of hydrogen-bond donors (Lipinski definition) is 0. The van der Waals surface area contributed by atoms with E-state index in [1.807, 2.05) is 12.1 Å². The second-order valence-corrected chi connectivity index (χ2v) is 6.69. The molecule has 0 unspecified atom stereocenters. The fourth-order valence-corrected chi connectivity index (χ4v) is 3.23. The number of allylic oxidation sites excluding steroid dienone is 1. The Hall–Kier alpha value is -3.38. The van der Waals surface area contributed by atoms with Gasteiger partial charge in [-0.3, -0.25) is 4.79 Å². The minimum Gasteiger partial charge on any atom is -0.497 e. The number of Topliss-reactive ketones (excluding diaryl/α,β-unsaturated/α-hetero) is 1. The molecule has 0 saturated heterocycles. The summed E-state index contributed by atoms with van der Waals surface area (Å²) in [5.41, 5.74) is 1.25. The molecule has 2 aromatic carbocycles. The Morgan fingerprint density at radius 2 is 1.85 bits per heavy atom. The van der Waals surface area contributed by atoms with Crippen molar-refractivity contribution in [3.05, 3.63) is 81.7 Å². The highest BCUT2D eigenvalue weighted by Crippen LogP contribution is 2.35. The average molecular weight is 378 g/mol. The second kappa shape index (κ2) is 7.09. The van der Waals surface area contributed by atoms with Crippen LogP contribution in [0.5, 0.6) is 17.2 Å². The lowest BCUT2D eigenvalue weighted by atomic mass is 10.1. The number of rotatable bonds is 4. The predicted molar refractivity (Wildman–Crippen MR) is 102 cm³/mol. The molecule has 0 bridgehead atoms. The van der Waals surface area contributed by atoms with Gasteiger partial charge >= 0.3 is 5.97 Å². The zero-order chi connectivity index (χ0) is 18.8. The average Bonchev–Trinajstić information content (AvgIpc) is 3.32. The van der Waals surface area contributed by atoms with Crippen LogP contribution >= 0.6 is 11.3 Å². The maximum atomic E-state index is 12.5. The first-order valence-corrected chi connectivity index (χ1v) is 9.00. The molecule has 0 atom stereocenters. The van der Waals surface area contributed by atoms with Crippen LogP contribution in [-0.2, 0) is 0 Å². The van der Waals surface area contributed by atoms with Gasteiger partial charge in [-0.05, 0) is 47.4 Å². The van der Waals surface area contributed by atoms with Crippen LogP contribution in [0.15, 0.2) is 65.7 Å². The number of ether oxygens (including phenoxy) is 3. The molecule has 3 aromatic rings. The van der Waals surface area contributed by atoms with Gasteiger partial charge in [-0.25, -0.2) is 4.79 Å². The predicted octanol–water partition coefficient (Wildman–Crippen LogP) is 4.59. The number of ketones is 1. The van der Waals surface area contributed by atoms with Crippen molar-refractivity contribution in [2.24, 2.45) is 0 Å². The van der Waals surface area contributed by atoms with E-state index in [0.717, 1.165) is 11.3 Å². The van der Waals surface area contributed by atoms with Gasteiger partial charge in [0.15, 0.2) is 5.76 Å². The molecular weight excluding hydrogens is 364 g/mol. The lowest BCUT2D eigenvalue weighted by Gasteiger charge is -2.04. The van der Waals surface area contributed by atoms with Crippen LogP contribution in [0.1, 0.15) is 25.6 Å². The lowest BCUT2D eigenvalue weighted by Crippen LogP contribution is -2.06. The third-order valence-electron chi connectivity index (χ3n) is 3.99. The van der Waals surface area contributed by atoms with Crippen LogP contribution in [0, 0.1) is 0 Å². The molecule has 1 aliphatic heterocycles. The summed E-state index contributed by atoms with van der Waals surface area (Å²) in [6, 6.07) is 15.5. The fourth-order valence-electron chi connectivity index (χ4n) is 2.63. The number of methoxy groups -OCH3 is 1. The van der Waals surface area contributed by atoms with Crippen molar-refractivity contribution in [1.29, 1.82) is 0 Å². The molecule has 134 valence electrons. The Morgan fingerprint density at radius 3 is 2.56 bits per heavy atom. The van der Waals surface area contributed by atoms with E-state index < -0.39 is 5.97 Å². The van der Waals surface area contributed by atoms with E-state index in [1.54, 1.807) is 61.0 Å². The van der Waals surface area contributed by atoms with Crippen LogP contribution in [0.4, 0.5) is 0 Å². The number of esters is 1. The third kappa shape index (κ3) is 3.47. The molecule has 1 aromatic heterocycles. The number of thiophene rings is 1. The maximum absolute atomic E-state index is 12.5. The van der Waals surface area contributed by atoms with Gasteiger partial charge in [0.25, 0.3) is 0 Å². The van der Waals surface area contributed by atoms with Gasteiger partial charge in [0.2, 0.25) is 5.78 Å². The van der Waals surface area contributed by atoms with E-state index >= 15 is 0 Å². The Bertz CT molecular complexity index is 1030. The first-order valence-electron chi connectivity index (χ1n) is 8.12. The van der Waals surface area contributed by atoms with Crippen LogP contribution < -0.4 is 14.2 Å².